The highest BCUT2D eigenvalue weighted by atomic mass is 16.5. The molecule has 0 aliphatic carbocycles. The van der Waals surface area contributed by atoms with Gasteiger partial charge in [-0.25, -0.2) is 0 Å². The number of benzene rings is 2. The molecule has 0 atom stereocenters. The van der Waals surface area contributed by atoms with Crippen molar-refractivity contribution in [3.63, 3.8) is 0 Å². The molecule has 31 heavy (non-hydrogen) atoms. The van der Waals surface area contributed by atoms with Gasteiger partial charge < -0.3 is 24.6 Å². The first kappa shape index (κ1) is 22.1. The number of ether oxygens (including phenoxy) is 2. The molecule has 0 aromatic heterocycles. The molecule has 0 unspecified atom stereocenters. The highest BCUT2D eigenvalue weighted by Gasteiger charge is 2.24. The predicted molar refractivity (Wildman–Crippen MR) is 115 cm³/mol. The van der Waals surface area contributed by atoms with E-state index in [2.05, 4.69) is 5.32 Å². The van der Waals surface area contributed by atoms with Crippen LogP contribution in [-0.4, -0.2) is 74.5 Å². The molecule has 8 heteroatoms. The van der Waals surface area contributed by atoms with Crippen LogP contribution in [0.15, 0.2) is 48.5 Å². The van der Waals surface area contributed by atoms with Gasteiger partial charge in [0.2, 0.25) is 5.91 Å². The van der Waals surface area contributed by atoms with Gasteiger partial charge in [0.05, 0.1) is 20.8 Å². The molecular weight excluding hydrogens is 398 g/mol. The summed E-state index contributed by atoms with van der Waals surface area (Å²) in [6.07, 6.45) is 0.664. The number of hydrogen-bond donors (Lipinski definition) is 1. The molecule has 0 spiro atoms. The average molecular weight is 425 g/mol. The predicted octanol–water partition coefficient (Wildman–Crippen LogP) is 1.81. The Morgan fingerprint density at radius 1 is 0.839 bits per heavy atom. The molecule has 1 fully saturated rings. The van der Waals surface area contributed by atoms with Crippen molar-refractivity contribution in [3.05, 3.63) is 59.7 Å². The third kappa shape index (κ3) is 5.53. The fraction of sp³-hybridized carbons (Fsp3) is 0.348. The quantitative estimate of drug-likeness (QED) is 0.763. The van der Waals surface area contributed by atoms with Crippen LogP contribution in [0, 0.1) is 0 Å². The molecule has 1 aliphatic rings. The number of nitrogens with one attached hydrogen (secondary N) is 1. The molecule has 3 rings (SSSR count). The van der Waals surface area contributed by atoms with Gasteiger partial charge >= 0.3 is 0 Å². The highest BCUT2D eigenvalue weighted by Crippen LogP contribution is 2.28. The lowest BCUT2D eigenvalue weighted by molar-refractivity contribution is -0.129. The van der Waals surface area contributed by atoms with E-state index in [9.17, 15) is 14.4 Å². The van der Waals surface area contributed by atoms with Gasteiger partial charge in [-0.15, -0.1) is 0 Å². The normalized spacial score (nSPS) is 13.9. The molecule has 0 bridgehead atoms. The maximum atomic E-state index is 12.9. The van der Waals surface area contributed by atoms with Gasteiger partial charge in [0.15, 0.2) is 11.5 Å². The molecular formula is C23H27N3O5. The Bertz CT molecular complexity index is 932. The molecule has 164 valence electrons. The van der Waals surface area contributed by atoms with Gasteiger partial charge in [-0.05, 0) is 36.8 Å². The van der Waals surface area contributed by atoms with E-state index in [0.29, 0.717) is 55.2 Å². The van der Waals surface area contributed by atoms with Gasteiger partial charge in [-0.2, -0.15) is 0 Å². The molecule has 0 radical (unpaired) electrons. The topological polar surface area (TPSA) is 88.2 Å². The second kappa shape index (κ2) is 10.5. The van der Waals surface area contributed by atoms with E-state index in [0.717, 1.165) is 0 Å². The molecule has 0 saturated carbocycles. The smallest absolute Gasteiger partial charge is 0.254 e. The molecule has 2 aromatic carbocycles. The summed E-state index contributed by atoms with van der Waals surface area (Å²) in [6.45, 7) is 1.85. The van der Waals surface area contributed by atoms with Crippen LogP contribution in [-0.2, 0) is 4.79 Å². The molecule has 1 heterocycles. The lowest BCUT2D eigenvalue weighted by Crippen LogP contribution is -2.42. The Morgan fingerprint density at radius 2 is 1.52 bits per heavy atom. The Labute approximate surface area is 181 Å². The zero-order valence-electron chi connectivity index (χ0n) is 17.8. The summed E-state index contributed by atoms with van der Waals surface area (Å²) in [4.78, 5) is 41.1. The van der Waals surface area contributed by atoms with Crippen LogP contribution in [0.2, 0.25) is 0 Å². The summed E-state index contributed by atoms with van der Waals surface area (Å²) in [5.74, 6) is 0.490. The molecule has 1 aliphatic heterocycles. The van der Waals surface area contributed by atoms with Crippen LogP contribution in [0.4, 0.5) is 0 Å². The minimum absolute atomic E-state index is 0.0721. The number of rotatable bonds is 6. The van der Waals surface area contributed by atoms with Gasteiger partial charge in [-0.3, -0.25) is 14.4 Å². The lowest BCUT2D eigenvalue weighted by Gasteiger charge is -2.22. The minimum atomic E-state index is -0.283. The van der Waals surface area contributed by atoms with Gasteiger partial charge in [-0.1, -0.05) is 18.2 Å². The molecule has 1 saturated heterocycles. The molecule has 2 aromatic rings. The van der Waals surface area contributed by atoms with Crippen molar-refractivity contribution in [3.8, 4) is 11.5 Å². The summed E-state index contributed by atoms with van der Waals surface area (Å²) in [5, 5.41) is 2.66. The standard InChI is InChI=1S/C23H27N3O5/c1-30-19-10-9-18(15-20(19)31-2)23(29)26-12-6-11-25(13-14-26)21(27)16-24-22(28)17-7-4-3-5-8-17/h3-5,7-10,15H,6,11-14,16H2,1-2H3,(H,24,28). The van der Waals surface area contributed by atoms with Gasteiger partial charge in [0.25, 0.3) is 11.8 Å². The van der Waals surface area contributed by atoms with Crippen LogP contribution >= 0.6 is 0 Å². The van der Waals surface area contributed by atoms with Crippen molar-refractivity contribution in [2.75, 3.05) is 46.9 Å². The van der Waals surface area contributed by atoms with Crippen molar-refractivity contribution >= 4 is 17.7 Å². The zero-order chi connectivity index (χ0) is 22.2. The summed E-state index contributed by atoms with van der Waals surface area (Å²) < 4.78 is 10.5. The van der Waals surface area contributed by atoms with Gasteiger partial charge in [0.1, 0.15) is 0 Å². The Hall–Kier alpha value is -3.55. The summed E-state index contributed by atoms with van der Waals surface area (Å²) >= 11 is 0. The number of amides is 3. The van der Waals surface area contributed by atoms with Gasteiger partial charge in [0, 0.05) is 37.3 Å². The van der Waals surface area contributed by atoms with Crippen LogP contribution in [0.5, 0.6) is 11.5 Å². The van der Waals surface area contributed by atoms with Crippen molar-refractivity contribution in [2.24, 2.45) is 0 Å². The van der Waals surface area contributed by atoms with Crippen LogP contribution in [0.25, 0.3) is 0 Å². The second-order valence-electron chi connectivity index (χ2n) is 7.15. The maximum absolute atomic E-state index is 12.9. The first-order chi connectivity index (χ1) is 15.0. The summed E-state index contributed by atoms with van der Waals surface area (Å²) in [5.41, 5.74) is 1.02. The Kier molecular flexibility index (Phi) is 7.48. The van der Waals surface area contributed by atoms with Crippen molar-refractivity contribution in [1.82, 2.24) is 15.1 Å². The third-order valence-electron chi connectivity index (χ3n) is 5.20. The molecule has 1 N–H and O–H groups in total. The largest absolute Gasteiger partial charge is 0.493 e. The number of nitrogens with zero attached hydrogens (tertiary/aromatic N) is 2. The Morgan fingerprint density at radius 3 is 2.23 bits per heavy atom. The highest BCUT2D eigenvalue weighted by molar-refractivity contribution is 5.96. The molecule has 8 nitrogen and oxygen atoms in total. The first-order valence-electron chi connectivity index (χ1n) is 10.2. The summed E-state index contributed by atoms with van der Waals surface area (Å²) in [7, 11) is 3.07. The van der Waals surface area contributed by atoms with E-state index in [1.54, 1.807) is 59.4 Å². The summed E-state index contributed by atoms with van der Waals surface area (Å²) in [6, 6.07) is 13.8. The number of hydrogen-bond acceptors (Lipinski definition) is 5. The fourth-order valence-electron chi connectivity index (χ4n) is 3.48. The zero-order valence-corrected chi connectivity index (χ0v) is 17.8. The van der Waals surface area contributed by atoms with Crippen LogP contribution < -0.4 is 14.8 Å². The number of carbonyl (C=O) groups excluding carboxylic acids is 3. The van der Waals surface area contributed by atoms with E-state index in [1.165, 1.54) is 7.11 Å². The maximum Gasteiger partial charge on any atom is 0.254 e. The SMILES string of the molecule is COc1ccc(C(=O)N2CCCN(C(=O)CNC(=O)c3ccccc3)CC2)cc1OC. The van der Waals surface area contributed by atoms with Crippen LogP contribution in [0.3, 0.4) is 0 Å². The van der Waals surface area contributed by atoms with E-state index in [1.807, 2.05) is 6.07 Å². The fourth-order valence-corrected chi connectivity index (χ4v) is 3.48. The minimum Gasteiger partial charge on any atom is -0.493 e. The number of carbonyl (C=O) groups is 3. The average Bonchev–Trinajstić information content (AvgIpc) is 3.08. The van der Waals surface area contributed by atoms with E-state index < -0.39 is 0 Å². The van der Waals surface area contributed by atoms with Crippen LogP contribution in [0.1, 0.15) is 27.1 Å². The third-order valence-corrected chi connectivity index (χ3v) is 5.20. The van der Waals surface area contributed by atoms with Crippen molar-refractivity contribution in [2.45, 2.75) is 6.42 Å². The lowest BCUT2D eigenvalue weighted by atomic mass is 10.1. The number of methoxy groups -OCH3 is 2. The van der Waals surface area contributed by atoms with E-state index >= 15 is 0 Å². The second-order valence-corrected chi connectivity index (χ2v) is 7.15. The first-order valence-corrected chi connectivity index (χ1v) is 10.2. The van der Waals surface area contributed by atoms with E-state index in [-0.39, 0.29) is 24.3 Å². The van der Waals surface area contributed by atoms with Crippen molar-refractivity contribution < 1.29 is 23.9 Å². The van der Waals surface area contributed by atoms with E-state index in [4.69, 9.17) is 9.47 Å². The Balaban J connectivity index is 1.55. The monoisotopic (exact) mass is 425 g/mol. The molecule has 3 amide bonds. The van der Waals surface area contributed by atoms with Crippen molar-refractivity contribution in [1.29, 1.82) is 0 Å².